The first kappa shape index (κ1) is 27.5. The Morgan fingerprint density at radius 1 is 1.12 bits per heavy atom. The second-order valence-corrected chi connectivity index (χ2v) is 11.4. The number of nitrogens with one attached hydrogen (secondary N) is 2. The maximum absolute atomic E-state index is 15.0. The molecule has 5 rings (SSSR count). The molecule has 212 valence electrons. The number of carbonyl (C=O) groups excluding carboxylic acids is 2. The van der Waals surface area contributed by atoms with Gasteiger partial charge in [-0.25, -0.2) is 18.3 Å². The largest absolute Gasteiger partial charge is 0.444 e. The highest BCUT2D eigenvalue weighted by molar-refractivity contribution is 5.95. The van der Waals surface area contributed by atoms with E-state index in [1.807, 2.05) is 0 Å². The van der Waals surface area contributed by atoms with Crippen LogP contribution < -0.4 is 10.6 Å². The number of aryl methyl sites for hydroxylation is 1. The van der Waals surface area contributed by atoms with Gasteiger partial charge in [0.25, 0.3) is 5.91 Å². The number of aromatic nitrogens is 4. The van der Waals surface area contributed by atoms with Gasteiger partial charge >= 0.3 is 6.09 Å². The predicted molar refractivity (Wildman–Crippen MR) is 145 cm³/mol. The Labute approximate surface area is 231 Å². The zero-order chi connectivity index (χ0) is 28.6. The summed E-state index contributed by atoms with van der Waals surface area (Å²) in [5.41, 5.74) is 2.22. The van der Waals surface area contributed by atoms with Crippen LogP contribution in [-0.4, -0.2) is 73.8 Å². The lowest BCUT2D eigenvalue weighted by Crippen LogP contribution is -2.51. The molecular weight excluding hydrogens is 520 g/mol. The summed E-state index contributed by atoms with van der Waals surface area (Å²) in [5.74, 6) is -1.03. The van der Waals surface area contributed by atoms with Gasteiger partial charge in [-0.2, -0.15) is 15.3 Å². The van der Waals surface area contributed by atoms with Gasteiger partial charge in [-0.1, -0.05) is 0 Å². The minimum Gasteiger partial charge on any atom is -0.444 e. The summed E-state index contributed by atoms with van der Waals surface area (Å²) in [6.45, 7) is 7.36. The van der Waals surface area contributed by atoms with E-state index in [9.17, 15) is 14.0 Å². The van der Waals surface area contributed by atoms with Crippen molar-refractivity contribution in [2.75, 3.05) is 18.4 Å². The second kappa shape index (κ2) is 10.8. The fraction of sp³-hybridized carbons (Fsp3) is 0.464. The molecule has 12 heteroatoms. The third kappa shape index (κ3) is 6.37. The number of nitrogens with zero attached hydrogens (tertiary/aromatic N) is 5. The lowest BCUT2D eigenvalue weighted by molar-refractivity contribution is 0.0125. The van der Waals surface area contributed by atoms with Gasteiger partial charge in [-0.3, -0.25) is 4.79 Å². The van der Waals surface area contributed by atoms with Crippen LogP contribution in [0.4, 0.5) is 19.3 Å². The first-order valence-corrected chi connectivity index (χ1v) is 13.3. The van der Waals surface area contributed by atoms with E-state index >= 15 is 4.39 Å². The van der Waals surface area contributed by atoms with Crippen molar-refractivity contribution in [1.29, 1.82) is 0 Å². The Morgan fingerprint density at radius 2 is 1.90 bits per heavy atom. The van der Waals surface area contributed by atoms with Gasteiger partial charge in [0, 0.05) is 24.3 Å². The number of likely N-dealkylation sites (tertiary alicyclic amines) is 1. The number of carbonyl (C=O) groups is 2. The first-order chi connectivity index (χ1) is 19.0. The van der Waals surface area contributed by atoms with Crippen molar-refractivity contribution in [2.24, 2.45) is 0 Å². The average molecular weight is 554 g/mol. The molecule has 0 spiro atoms. The standard InChI is InChI=1S/C28H33F2N7O3/c1-16-9-21(29)20(26(38)34-18-5-6-18)11-25(16)37-14-17(12-32-37)24-10-19(13-31-35-24)33-23-7-8-36(15-22(23)30)27(39)40-28(2,3)4/h9-14,18,22-23H,5-8,15H2,1-4H3,(H,33,35)(H,34,38)/t22-,23+/m1/s1. The number of amides is 2. The lowest BCUT2D eigenvalue weighted by Gasteiger charge is -2.36. The number of hydrogen-bond acceptors (Lipinski definition) is 7. The lowest BCUT2D eigenvalue weighted by atomic mass is 10.0. The topological polar surface area (TPSA) is 114 Å². The van der Waals surface area contributed by atoms with Crippen molar-refractivity contribution in [1.82, 2.24) is 30.2 Å². The van der Waals surface area contributed by atoms with E-state index in [1.54, 1.807) is 50.8 Å². The summed E-state index contributed by atoms with van der Waals surface area (Å²) in [6, 6.07) is 4.16. The molecule has 0 unspecified atom stereocenters. The van der Waals surface area contributed by atoms with Gasteiger partial charge in [0.1, 0.15) is 17.6 Å². The summed E-state index contributed by atoms with van der Waals surface area (Å²) in [7, 11) is 0. The number of rotatable bonds is 6. The molecule has 2 amide bonds. The molecule has 2 N–H and O–H groups in total. The number of benzene rings is 1. The molecule has 2 atom stereocenters. The van der Waals surface area contributed by atoms with Crippen LogP contribution in [0.1, 0.15) is 56.0 Å². The van der Waals surface area contributed by atoms with Crippen LogP contribution in [0.15, 0.2) is 36.8 Å². The molecule has 0 bridgehead atoms. The van der Waals surface area contributed by atoms with Gasteiger partial charge in [0.05, 0.1) is 47.6 Å². The molecule has 1 saturated heterocycles. The second-order valence-electron chi connectivity index (χ2n) is 11.4. The third-order valence-corrected chi connectivity index (χ3v) is 6.77. The van der Waals surface area contributed by atoms with Crippen LogP contribution in [0.25, 0.3) is 16.9 Å². The summed E-state index contributed by atoms with van der Waals surface area (Å²) in [6.07, 6.45) is 5.21. The monoisotopic (exact) mass is 553 g/mol. The Kier molecular flexibility index (Phi) is 7.43. The third-order valence-electron chi connectivity index (χ3n) is 6.77. The highest BCUT2D eigenvalue weighted by atomic mass is 19.1. The summed E-state index contributed by atoms with van der Waals surface area (Å²) in [5, 5.41) is 18.6. The molecule has 2 aromatic heterocycles. The van der Waals surface area contributed by atoms with E-state index in [4.69, 9.17) is 4.74 Å². The van der Waals surface area contributed by atoms with Crippen LogP contribution in [-0.2, 0) is 4.74 Å². The van der Waals surface area contributed by atoms with Crippen molar-refractivity contribution >= 4 is 17.7 Å². The molecule has 1 aliphatic heterocycles. The SMILES string of the molecule is Cc1cc(F)c(C(=O)NC2CC2)cc1-n1cc(-c2cc(N[C@H]3CCN(C(=O)OC(C)(C)C)C[C@H]3F)cnn2)cn1. The van der Waals surface area contributed by atoms with Gasteiger partial charge in [0.2, 0.25) is 0 Å². The molecule has 1 aliphatic carbocycles. The Balaban J connectivity index is 1.28. The van der Waals surface area contributed by atoms with Crippen molar-refractivity contribution in [2.45, 2.75) is 70.8 Å². The molecule has 1 saturated carbocycles. The number of piperidine rings is 1. The van der Waals surface area contributed by atoms with Crippen molar-refractivity contribution in [3.8, 4) is 16.9 Å². The van der Waals surface area contributed by atoms with Gasteiger partial charge in [0.15, 0.2) is 0 Å². The van der Waals surface area contributed by atoms with Crippen LogP contribution >= 0.6 is 0 Å². The highest BCUT2D eigenvalue weighted by Crippen LogP contribution is 2.26. The van der Waals surface area contributed by atoms with Gasteiger partial charge in [-0.05, 0) is 70.7 Å². The molecule has 1 aromatic carbocycles. The molecule has 40 heavy (non-hydrogen) atoms. The summed E-state index contributed by atoms with van der Waals surface area (Å²) < 4.78 is 36.5. The Bertz CT molecular complexity index is 1420. The first-order valence-electron chi connectivity index (χ1n) is 13.3. The number of halogens is 2. The van der Waals surface area contributed by atoms with Crippen LogP contribution in [0.3, 0.4) is 0 Å². The van der Waals surface area contributed by atoms with Crippen LogP contribution in [0, 0.1) is 12.7 Å². The number of alkyl halides is 1. The van der Waals surface area contributed by atoms with Gasteiger partial charge < -0.3 is 20.3 Å². The van der Waals surface area contributed by atoms with Crippen molar-refractivity contribution < 1.29 is 23.1 Å². The fourth-order valence-electron chi connectivity index (χ4n) is 4.52. The number of hydrogen-bond donors (Lipinski definition) is 2. The maximum Gasteiger partial charge on any atom is 0.410 e. The summed E-state index contributed by atoms with van der Waals surface area (Å²) >= 11 is 0. The molecule has 3 aromatic rings. The van der Waals surface area contributed by atoms with Crippen LogP contribution in [0.5, 0.6) is 0 Å². The van der Waals surface area contributed by atoms with E-state index in [-0.39, 0.29) is 18.2 Å². The normalized spacial score (nSPS) is 19.3. The van der Waals surface area contributed by atoms with Crippen LogP contribution in [0.2, 0.25) is 0 Å². The Hall–Kier alpha value is -4.09. The Morgan fingerprint density at radius 3 is 2.60 bits per heavy atom. The van der Waals surface area contributed by atoms with Crippen molar-refractivity contribution in [3.63, 3.8) is 0 Å². The van der Waals surface area contributed by atoms with E-state index in [0.29, 0.717) is 41.2 Å². The molecule has 3 heterocycles. The fourth-order valence-corrected chi connectivity index (χ4v) is 4.52. The van der Waals surface area contributed by atoms with Gasteiger partial charge in [-0.15, -0.1) is 0 Å². The molecule has 2 aliphatic rings. The highest BCUT2D eigenvalue weighted by Gasteiger charge is 2.34. The smallest absolute Gasteiger partial charge is 0.410 e. The minimum absolute atomic E-state index is 0.0333. The molecule has 2 fully saturated rings. The molecule has 0 radical (unpaired) electrons. The van der Waals surface area contributed by atoms with Crippen molar-refractivity contribution in [3.05, 3.63) is 53.7 Å². The zero-order valence-electron chi connectivity index (χ0n) is 22.9. The zero-order valence-corrected chi connectivity index (χ0v) is 22.9. The number of anilines is 1. The predicted octanol–water partition coefficient (Wildman–Crippen LogP) is 4.43. The summed E-state index contributed by atoms with van der Waals surface area (Å²) in [4.78, 5) is 26.2. The molecular formula is C28H33F2N7O3. The maximum atomic E-state index is 15.0. The van der Waals surface area contributed by atoms with E-state index in [0.717, 1.165) is 12.8 Å². The van der Waals surface area contributed by atoms with E-state index in [1.165, 1.54) is 23.2 Å². The quantitative estimate of drug-likeness (QED) is 0.464. The van der Waals surface area contributed by atoms with E-state index in [2.05, 4.69) is 25.9 Å². The number of ether oxygens (including phenoxy) is 1. The molecule has 10 nitrogen and oxygen atoms in total. The average Bonchev–Trinajstić information content (AvgIpc) is 3.56. The minimum atomic E-state index is -1.30. The van der Waals surface area contributed by atoms with E-state index < -0.39 is 35.6 Å².